The quantitative estimate of drug-likeness (QED) is 0.440. The molecule has 3 rings (SSSR count). The molecule has 1 aliphatic rings. The average molecular weight is 436 g/mol. The van der Waals surface area contributed by atoms with E-state index in [9.17, 15) is 4.79 Å². The van der Waals surface area contributed by atoms with Gasteiger partial charge in [0.15, 0.2) is 0 Å². The second-order valence-corrected chi connectivity index (χ2v) is 9.66. The maximum Gasteiger partial charge on any atom is 0.224 e. The number of rotatable bonds is 8. The van der Waals surface area contributed by atoms with Gasteiger partial charge < -0.3 is 10.6 Å². The van der Waals surface area contributed by atoms with Crippen molar-refractivity contribution >= 4 is 23.4 Å². The first-order chi connectivity index (χ1) is 14.8. The van der Waals surface area contributed by atoms with E-state index in [4.69, 9.17) is 0 Å². The zero-order chi connectivity index (χ0) is 22.4. The molecule has 2 aromatic rings. The Kier molecular flexibility index (Phi) is 7.97. The van der Waals surface area contributed by atoms with Crippen LogP contribution in [0, 0.1) is 19.8 Å². The van der Waals surface area contributed by atoms with Crippen molar-refractivity contribution in [1.29, 1.82) is 0 Å². The molecule has 164 valence electrons. The van der Waals surface area contributed by atoms with Gasteiger partial charge in [0, 0.05) is 28.8 Å². The highest BCUT2D eigenvalue weighted by Gasteiger charge is 2.18. The number of benzene rings is 1. The van der Waals surface area contributed by atoms with Crippen LogP contribution < -0.4 is 10.6 Å². The van der Waals surface area contributed by atoms with Crippen LogP contribution in [-0.4, -0.2) is 10.9 Å². The maximum atomic E-state index is 12.6. The summed E-state index contributed by atoms with van der Waals surface area (Å²) >= 11 is 1.59. The van der Waals surface area contributed by atoms with E-state index in [0.29, 0.717) is 12.3 Å². The molecule has 1 aliphatic carbocycles. The van der Waals surface area contributed by atoms with Crippen LogP contribution in [0.5, 0.6) is 0 Å². The fraction of sp³-hybridized carbons (Fsp3) is 0.385. The van der Waals surface area contributed by atoms with Gasteiger partial charge in [0.25, 0.3) is 0 Å². The van der Waals surface area contributed by atoms with Crippen molar-refractivity contribution in [3.05, 3.63) is 65.6 Å². The highest BCUT2D eigenvalue weighted by molar-refractivity contribution is 8.03. The Hall–Kier alpha value is -2.53. The van der Waals surface area contributed by atoms with E-state index in [1.807, 2.05) is 26.1 Å². The van der Waals surface area contributed by atoms with Gasteiger partial charge in [-0.15, -0.1) is 0 Å². The molecule has 2 N–H and O–H groups in total. The molecule has 0 unspecified atom stereocenters. The van der Waals surface area contributed by atoms with Crippen molar-refractivity contribution in [1.82, 2.24) is 10.3 Å². The highest BCUT2D eigenvalue weighted by atomic mass is 32.2. The number of anilines is 1. The molecule has 1 fully saturated rings. The molecule has 4 nitrogen and oxygen atoms in total. The number of pyridine rings is 1. The molecule has 0 atom stereocenters. The standard InChI is InChI=1S/C26H33N3OS/c1-17(2)28-20(5)31-25-15-22(12-11-18(25)3)23-14-24(19(4)27-16-23)29-26(30)13-21-9-7-6-8-10-21/h11-12,14-16,21,28H,1,5-10,13H2,2-4H3,(H,29,30). The van der Waals surface area contributed by atoms with E-state index in [1.54, 1.807) is 11.8 Å². The molecule has 1 saturated carbocycles. The fourth-order valence-corrected chi connectivity index (χ4v) is 4.86. The van der Waals surface area contributed by atoms with Crippen LogP contribution in [0.25, 0.3) is 11.1 Å². The van der Waals surface area contributed by atoms with E-state index in [2.05, 4.69) is 53.9 Å². The van der Waals surface area contributed by atoms with E-state index in [-0.39, 0.29) is 5.91 Å². The maximum absolute atomic E-state index is 12.6. The van der Waals surface area contributed by atoms with Crippen LogP contribution in [0.15, 0.2) is 59.2 Å². The van der Waals surface area contributed by atoms with Crippen LogP contribution in [0.3, 0.4) is 0 Å². The minimum atomic E-state index is 0.0938. The molecule has 0 radical (unpaired) electrons. The lowest BCUT2D eigenvalue weighted by Gasteiger charge is -2.21. The molecule has 5 heteroatoms. The molecule has 1 heterocycles. The lowest BCUT2D eigenvalue weighted by molar-refractivity contribution is -0.117. The number of hydrogen-bond donors (Lipinski definition) is 2. The first-order valence-corrected chi connectivity index (χ1v) is 11.8. The first kappa shape index (κ1) is 23.1. The average Bonchev–Trinajstić information content (AvgIpc) is 2.71. The normalized spacial score (nSPS) is 14.2. The van der Waals surface area contributed by atoms with Crippen LogP contribution in [-0.2, 0) is 4.79 Å². The Labute approximate surface area is 190 Å². The number of aromatic nitrogens is 1. The van der Waals surface area contributed by atoms with Gasteiger partial charge in [0.2, 0.25) is 5.91 Å². The first-order valence-electron chi connectivity index (χ1n) is 11.0. The number of nitrogens with zero attached hydrogens (tertiary/aromatic N) is 1. The number of hydrogen-bond acceptors (Lipinski definition) is 4. The molecular weight excluding hydrogens is 402 g/mol. The smallest absolute Gasteiger partial charge is 0.224 e. The van der Waals surface area contributed by atoms with Crippen molar-refractivity contribution in [3.8, 4) is 11.1 Å². The monoisotopic (exact) mass is 435 g/mol. The second-order valence-electron chi connectivity index (χ2n) is 8.52. The fourth-order valence-electron chi connectivity index (χ4n) is 3.96. The summed E-state index contributed by atoms with van der Waals surface area (Å²) < 4.78 is 0. The van der Waals surface area contributed by atoms with Crippen LogP contribution in [0.4, 0.5) is 5.69 Å². The summed E-state index contributed by atoms with van der Waals surface area (Å²) in [4.78, 5) is 18.3. The Balaban J connectivity index is 1.75. The minimum absolute atomic E-state index is 0.0938. The Morgan fingerprint density at radius 1 is 1.13 bits per heavy atom. The summed E-state index contributed by atoms with van der Waals surface area (Å²) in [7, 11) is 0. The van der Waals surface area contributed by atoms with Gasteiger partial charge in [-0.3, -0.25) is 9.78 Å². The lowest BCUT2D eigenvalue weighted by atomic mass is 9.87. The van der Waals surface area contributed by atoms with Crippen molar-refractivity contribution in [2.45, 2.75) is 64.2 Å². The predicted octanol–water partition coefficient (Wildman–Crippen LogP) is 6.96. The molecule has 0 spiro atoms. The predicted molar refractivity (Wildman–Crippen MR) is 132 cm³/mol. The van der Waals surface area contributed by atoms with Gasteiger partial charge in [0.05, 0.1) is 16.4 Å². The number of thioether (sulfide) groups is 1. The summed E-state index contributed by atoms with van der Waals surface area (Å²) in [6.45, 7) is 13.9. The lowest BCUT2D eigenvalue weighted by Crippen LogP contribution is -2.19. The molecule has 31 heavy (non-hydrogen) atoms. The number of carbonyl (C=O) groups excluding carboxylic acids is 1. The molecular formula is C26H33N3OS. The molecule has 1 aromatic carbocycles. The molecule has 0 bridgehead atoms. The third-order valence-electron chi connectivity index (χ3n) is 5.67. The largest absolute Gasteiger partial charge is 0.355 e. The molecule has 0 saturated heterocycles. The number of nitrogens with one attached hydrogen (secondary N) is 2. The summed E-state index contributed by atoms with van der Waals surface area (Å²) in [5.41, 5.74) is 5.72. The van der Waals surface area contributed by atoms with Crippen molar-refractivity contribution in [2.75, 3.05) is 5.32 Å². The Bertz CT molecular complexity index is 977. The zero-order valence-electron chi connectivity index (χ0n) is 18.9. The second kappa shape index (κ2) is 10.7. The van der Waals surface area contributed by atoms with Gasteiger partial charge in [-0.2, -0.15) is 0 Å². The molecule has 1 aromatic heterocycles. The number of allylic oxidation sites excluding steroid dienone is 1. The minimum Gasteiger partial charge on any atom is -0.355 e. The van der Waals surface area contributed by atoms with Gasteiger partial charge in [-0.25, -0.2) is 0 Å². The van der Waals surface area contributed by atoms with Gasteiger partial charge in [0.1, 0.15) is 0 Å². The third-order valence-corrected chi connectivity index (χ3v) is 6.68. The van der Waals surface area contributed by atoms with E-state index >= 15 is 0 Å². The van der Waals surface area contributed by atoms with Crippen molar-refractivity contribution < 1.29 is 4.79 Å². The Morgan fingerprint density at radius 3 is 2.58 bits per heavy atom. The zero-order valence-corrected chi connectivity index (χ0v) is 19.7. The topological polar surface area (TPSA) is 54.0 Å². The van der Waals surface area contributed by atoms with Crippen LogP contribution in [0.1, 0.15) is 56.7 Å². The van der Waals surface area contributed by atoms with Gasteiger partial charge in [-0.05, 0) is 62.8 Å². The highest BCUT2D eigenvalue weighted by Crippen LogP contribution is 2.33. The number of aryl methyl sites for hydroxylation is 2. The molecule has 1 amide bonds. The van der Waals surface area contributed by atoms with Crippen molar-refractivity contribution in [2.24, 2.45) is 5.92 Å². The number of carbonyl (C=O) groups is 1. The molecule has 0 aliphatic heterocycles. The summed E-state index contributed by atoms with van der Waals surface area (Å²) in [5.74, 6) is 0.610. The van der Waals surface area contributed by atoms with E-state index in [0.717, 1.165) is 38.1 Å². The third kappa shape index (κ3) is 6.73. The SMILES string of the molecule is C=C(C)NC(=C)Sc1cc(-c2cnc(C)c(NC(=O)CC3CCCCC3)c2)ccc1C. The summed E-state index contributed by atoms with van der Waals surface area (Å²) in [5, 5.41) is 7.11. The number of amides is 1. The van der Waals surface area contributed by atoms with Crippen LogP contribution >= 0.6 is 11.8 Å². The summed E-state index contributed by atoms with van der Waals surface area (Å²) in [6, 6.07) is 8.37. The van der Waals surface area contributed by atoms with E-state index < -0.39 is 0 Å². The summed E-state index contributed by atoms with van der Waals surface area (Å²) in [6.07, 6.45) is 8.60. The Morgan fingerprint density at radius 2 is 1.87 bits per heavy atom. The van der Waals surface area contributed by atoms with Crippen molar-refractivity contribution in [3.63, 3.8) is 0 Å². The van der Waals surface area contributed by atoms with Crippen LogP contribution in [0.2, 0.25) is 0 Å². The van der Waals surface area contributed by atoms with Gasteiger partial charge >= 0.3 is 0 Å². The van der Waals surface area contributed by atoms with Gasteiger partial charge in [-0.1, -0.05) is 56.3 Å². The van der Waals surface area contributed by atoms with E-state index in [1.165, 1.54) is 37.7 Å².